The molecule has 1 aliphatic heterocycles. The van der Waals surface area contributed by atoms with Gasteiger partial charge in [-0.3, -0.25) is 4.79 Å². The van der Waals surface area contributed by atoms with Crippen molar-refractivity contribution in [1.82, 2.24) is 4.90 Å². The van der Waals surface area contributed by atoms with Crippen LogP contribution in [0.5, 0.6) is 0 Å². The lowest BCUT2D eigenvalue weighted by Gasteiger charge is -2.41. The van der Waals surface area contributed by atoms with Crippen molar-refractivity contribution in [1.29, 1.82) is 0 Å². The summed E-state index contributed by atoms with van der Waals surface area (Å²) in [6, 6.07) is 17.9. The lowest BCUT2D eigenvalue weighted by atomic mass is 9.93. The summed E-state index contributed by atoms with van der Waals surface area (Å²) in [7, 11) is -1.91. The van der Waals surface area contributed by atoms with E-state index in [0.717, 1.165) is 17.5 Å². The van der Waals surface area contributed by atoms with Crippen molar-refractivity contribution in [3.05, 3.63) is 71.3 Å². The zero-order chi connectivity index (χ0) is 22.0. The quantitative estimate of drug-likeness (QED) is 0.502. The van der Waals surface area contributed by atoms with Gasteiger partial charge < -0.3 is 14.1 Å². The van der Waals surface area contributed by atoms with Gasteiger partial charge >= 0.3 is 0 Å². The Labute approximate surface area is 182 Å². The van der Waals surface area contributed by atoms with Gasteiger partial charge in [-0.1, -0.05) is 76.2 Å². The summed E-state index contributed by atoms with van der Waals surface area (Å²) in [4.78, 5) is 15.4. The van der Waals surface area contributed by atoms with Gasteiger partial charge in [0.2, 0.25) is 0 Å². The third-order valence-corrected chi connectivity index (χ3v) is 11.0. The fraction of sp³-hybridized carbons (Fsp3) is 0.480. The van der Waals surface area contributed by atoms with Crippen molar-refractivity contribution in [2.45, 2.75) is 58.0 Å². The van der Waals surface area contributed by atoms with Crippen molar-refractivity contribution in [2.75, 3.05) is 19.8 Å². The van der Waals surface area contributed by atoms with Crippen LogP contribution in [0, 0.1) is 0 Å². The second-order valence-electron chi connectivity index (χ2n) is 9.47. The molecule has 1 amide bonds. The average molecular weight is 426 g/mol. The highest BCUT2D eigenvalue weighted by Crippen LogP contribution is 2.45. The molecule has 0 bridgehead atoms. The number of rotatable bonds is 8. The number of fused-ring (bicyclic) bond motifs is 1. The molecule has 162 valence electrons. The molecule has 0 N–H and O–H groups in total. The van der Waals surface area contributed by atoms with Gasteiger partial charge in [0.1, 0.15) is 0 Å². The van der Waals surface area contributed by atoms with E-state index < -0.39 is 14.0 Å². The van der Waals surface area contributed by atoms with Gasteiger partial charge in [-0.15, -0.1) is 0 Å². The van der Waals surface area contributed by atoms with Crippen LogP contribution in [0.15, 0.2) is 54.6 Å². The standard InChI is InChI=1S/C25H35NO3Si/c1-7-18-28-25(20-13-9-8-10-14-20)22-16-12-11-15-21(22)23(27)26(25)17-19-29-30(5,6)24(2,3)4/h8-16H,7,17-19H2,1-6H3. The maximum absolute atomic E-state index is 13.5. The molecule has 2 aromatic rings. The highest BCUT2D eigenvalue weighted by Gasteiger charge is 2.52. The summed E-state index contributed by atoms with van der Waals surface area (Å²) in [5.74, 6) is 0.00406. The number of hydrogen-bond donors (Lipinski definition) is 0. The predicted octanol–water partition coefficient (Wildman–Crippen LogP) is 5.79. The monoisotopic (exact) mass is 425 g/mol. The Morgan fingerprint density at radius 1 is 0.967 bits per heavy atom. The summed E-state index contributed by atoms with van der Waals surface area (Å²) in [6.07, 6.45) is 0.874. The number of hydrogen-bond acceptors (Lipinski definition) is 3. The normalized spacial score (nSPS) is 19.3. The molecule has 0 aromatic heterocycles. The van der Waals surface area contributed by atoms with Crippen LogP contribution < -0.4 is 0 Å². The van der Waals surface area contributed by atoms with Crippen molar-refractivity contribution in [3.8, 4) is 0 Å². The molecule has 0 fully saturated rings. The molecule has 0 saturated carbocycles. The molecule has 3 rings (SSSR count). The van der Waals surface area contributed by atoms with E-state index in [-0.39, 0.29) is 10.9 Å². The van der Waals surface area contributed by atoms with Gasteiger partial charge in [0.15, 0.2) is 14.0 Å². The number of carbonyl (C=O) groups is 1. The van der Waals surface area contributed by atoms with Gasteiger partial charge in [-0.2, -0.15) is 0 Å². The largest absolute Gasteiger partial charge is 0.415 e. The first kappa shape index (κ1) is 22.7. The number of amides is 1. The van der Waals surface area contributed by atoms with Crippen molar-refractivity contribution < 1.29 is 14.0 Å². The minimum absolute atomic E-state index is 0.00406. The van der Waals surface area contributed by atoms with E-state index in [4.69, 9.17) is 9.16 Å². The molecule has 1 aliphatic rings. The minimum atomic E-state index is -1.91. The molecule has 0 radical (unpaired) electrons. The van der Waals surface area contributed by atoms with Crippen LogP contribution in [0.4, 0.5) is 0 Å². The molecular formula is C25H35NO3Si. The van der Waals surface area contributed by atoms with Crippen LogP contribution in [0.1, 0.15) is 55.6 Å². The number of nitrogens with zero attached hydrogens (tertiary/aromatic N) is 1. The molecule has 5 heteroatoms. The predicted molar refractivity (Wildman–Crippen MR) is 124 cm³/mol. The third-order valence-electron chi connectivity index (χ3n) is 6.41. The van der Waals surface area contributed by atoms with Gasteiger partial charge in [0, 0.05) is 29.8 Å². The van der Waals surface area contributed by atoms with Gasteiger partial charge in [-0.25, -0.2) is 0 Å². The Bertz CT molecular complexity index is 875. The SMILES string of the molecule is CCCOC1(c2ccccc2)c2ccccc2C(=O)N1CCO[Si](C)(C)C(C)(C)C. The zero-order valence-corrected chi connectivity index (χ0v) is 20.2. The van der Waals surface area contributed by atoms with Crippen molar-refractivity contribution in [2.24, 2.45) is 0 Å². The molecule has 0 spiro atoms. The first-order valence-electron chi connectivity index (χ1n) is 10.9. The summed E-state index contributed by atoms with van der Waals surface area (Å²) < 4.78 is 13.0. The Morgan fingerprint density at radius 2 is 1.60 bits per heavy atom. The zero-order valence-electron chi connectivity index (χ0n) is 19.2. The first-order chi connectivity index (χ1) is 14.1. The molecule has 30 heavy (non-hydrogen) atoms. The van der Waals surface area contributed by atoms with Crippen LogP contribution in [-0.2, 0) is 14.9 Å². The van der Waals surface area contributed by atoms with Gasteiger partial charge in [0.25, 0.3) is 5.91 Å². The minimum Gasteiger partial charge on any atom is -0.415 e. The Morgan fingerprint density at radius 3 is 2.23 bits per heavy atom. The average Bonchev–Trinajstić information content (AvgIpc) is 2.95. The second-order valence-corrected chi connectivity index (χ2v) is 14.3. The van der Waals surface area contributed by atoms with Crippen LogP contribution in [0.2, 0.25) is 18.1 Å². The lowest BCUT2D eigenvalue weighted by Crippen LogP contribution is -2.50. The Hall–Kier alpha value is -1.95. The van der Waals surface area contributed by atoms with Crippen LogP contribution in [0.25, 0.3) is 0 Å². The van der Waals surface area contributed by atoms with Crippen molar-refractivity contribution in [3.63, 3.8) is 0 Å². The van der Waals surface area contributed by atoms with E-state index in [2.05, 4.69) is 40.8 Å². The first-order valence-corrected chi connectivity index (χ1v) is 13.8. The van der Waals surface area contributed by atoms with E-state index in [1.165, 1.54) is 0 Å². The van der Waals surface area contributed by atoms with E-state index in [1.807, 2.05) is 59.5 Å². The smallest absolute Gasteiger partial charge is 0.257 e. The van der Waals surface area contributed by atoms with Crippen molar-refractivity contribution >= 4 is 14.2 Å². The number of carbonyl (C=O) groups excluding carboxylic acids is 1. The van der Waals surface area contributed by atoms with E-state index in [1.54, 1.807) is 0 Å². The van der Waals surface area contributed by atoms with Gasteiger partial charge in [0.05, 0.1) is 6.61 Å². The van der Waals surface area contributed by atoms with Gasteiger partial charge in [-0.05, 0) is 30.6 Å². The van der Waals surface area contributed by atoms with Crippen LogP contribution >= 0.6 is 0 Å². The maximum Gasteiger partial charge on any atom is 0.257 e. The summed E-state index contributed by atoms with van der Waals surface area (Å²) in [5.41, 5.74) is 1.69. The van der Waals surface area contributed by atoms with Crippen LogP contribution in [0.3, 0.4) is 0 Å². The number of benzene rings is 2. The molecule has 4 nitrogen and oxygen atoms in total. The van der Waals surface area contributed by atoms with Crippen LogP contribution in [-0.4, -0.2) is 38.9 Å². The van der Waals surface area contributed by atoms with E-state index >= 15 is 0 Å². The fourth-order valence-corrected chi connectivity index (χ4v) is 4.77. The molecular weight excluding hydrogens is 390 g/mol. The summed E-state index contributed by atoms with van der Waals surface area (Å²) >= 11 is 0. The summed E-state index contributed by atoms with van der Waals surface area (Å²) in [6.45, 7) is 14.8. The molecule has 0 aliphatic carbocycles. The summed E-state index contributed by atoms with van der Waals surface area (Å²) in [5, 5.41) is 0.125. The Kier molecular flexibility index (Phi) is 6.56. The Balaban J connectivity index is 2.00. The second kappa shape index (κ2) is 8.65. The molecule has 1 heterocycles. The molecule has 2 aromatic carbocycles. The molecule has 1 atom stereocenters. The lowest BCUT2D eigenvalue weighted by molar-refractivity contribution is -0.110. The molecule has 0 saturated heterocycles. The van der Waals surface area contributed by atoms with E-state index in [0.29, 0.717) is 25.3 Å². The number of ether oxygens (including phenoxy) is 1. The molecule has 1 unspecified atom stereocenters. The fourth-order valence-electron chi connectivity index (χ4n) is 3.73. The van der Waals surface area contributed by atoms with E-state index in [9.17, 15) is 4.79 Å². The topological polar surface area (TPSA) is 38.8 Å². The highest BCUT2D eigenvalue weighted by atomic mass is 28.4. The third kappa shape index (κ3) is 3.98. The highest BCUT2D eigenvalue weighted by molar-refractivity contribution is 6.74. The maximum atomic E-state index is 13.5.